The van der Waals surface area contributed by atoms with Crippen molar-refractivity contribution in [3.05, 3.63) is 59.7 Å². The van der Waals surface area contributed by atoms with E-state index < -0.39 is 9.96 Å². The molecule has 1 aromatic heterocycles. The van der Waals surface area contributed by atoms with Gasteiger partial charge in [0.25, 0.3) is 5.91 Å². The Bertz CT molecular complexity index is 874. The van der Waals surface area contributed by atoms with Crippen LogP contribution in [-0.2, 0) is 0 Å². The van der Waals surface area contributed by atoms with Crippen LogP contribution < -0.4 is 10.6 Å². The third-order valence-corrected chi connectivity index (χ3v) is 5.18. The number of carbonyl (C=O) groups is 1. The number of halogens is 3. The van der Waals surface area contributed by atoms with Gasteiger partial charge in [-0.05, 0) is 30.7 Å². The molecule has 0 saturated heterocycles. The van der Waals surface area contributed by atoms with Crippen LogP contribution in [-0.4, -0.2) is 20.8 Å². The van der Waals surface area contributed by atoms with Crippen LogP contribution >= 0.6 is 46.1 Å². The van der Waals surface area contributed by atoms with Crippen LogP contribution in [0.5, 0.6) is 0 Å². The molecular weight excluding hydrogens is 401 g/mol. The van der Waals surface area contributed by atoms with Gasteiger partial charge < -0.3 is 10.6 Å². The van der Waals surface area contributed by atoms with Crippen molar-refractivity contribution in [3.63, 3.8) is 0 Å². The fourth-order valence-electron chi connectivity index (χ4n) is 2.29. The van der Waals surface area contributed by atoms with E-state index in [4.69, 9.17) is 34.8 Å². The van der Waals surface area contributed by atoms with Crippen molar-refractivity contribution in [3.8, 4) is 0 Å². The first-order chi connectivity index (χ1) is 11.8. The van der Waals surface area contributed by atoms with Gasteiger partial charge >= 0.3 is 0 Å². The van der Waals surface area contributed by atoms with Gasteiger partial charge in [0.1, 0.15) is 6.17 Å². The Morgan fingerprint density at radius 2 is 1.80 bits per heavy atom. The van der Waals surface area contributed by atoms with Crippen molar-refractivity contribution in [1.82, 2.24) is 10.3 Å². The van der Waals surface area contributed by atoms with Gasteiger partial charge in [0.15, 0.2) is 5.13 Å². The van der Waals surface area contributed by atoms with Gasteiger partial charge in [0.05, 0.1) is 10.2 Å². The molecule has 1 amide bonds. The van der Waals surface area contributed by atoms with E-state index in [0.29, 0.717) is 10.7 Å². The minimum Gasteiger partial charge on any atom is -0.338 e. The maximum Gasteiger partial charge on any atom is 0.253 e. The smallest absolute Gasteiger partial charge is 0.253 e. The van der Waals surface area contributed by atoms with Crippen LogP contribution in [0, 0.1) is 6.92 Å². The second-order valence-electron chi connectivity index (χ2n) is 5.39. The number of thiazole rings is 1. The molecule has 0 aliphatic heterocycles. The van der Waals surface area contributed by atoms with E-state index in [1.807, 2.05) is 43.3 Å². The first kappa shape index (κ1) is 18.3. The standard InChI is InChI=1S/C17H14Cl3N3OS/c1-10-6-2-3-7-11(10)14(24)22-15(17(18,19)20)23-16-21-12-8-4-5-9-13(12)25-16/h2-9,15H,1H3,(H,21,23)(H,22,24). The summed E-state index contributed by atoms with van der Waals surface area (Å²) in [6.07, 6.45) is -0.940. The number of aromatic nitrogens is 1. The zero-order valence-corrected chi connectivity index (χ0v) is 16.2. The van der Waals surface area contributed by atoms with Gasteiger partial charge in [-0.25, -0.2) is 4.98 Å². The Hall–Kier alpha value is -1.53. The summed E-state index contributed by atoms with van der Waals surface area (Å²) in [4.78, 5) is 17.0. The number of fused-ring (bicyclic) bond motifs is 1. The van der Waals surface area contributed by atoms with Crippen LogP contribution in [0.1, 0.15) is 15.9 Å². The average molecular weight is 415 g/mol. The lowest BCUT2D eigenvalue weighted by molar-refractivity contribution is 0.0941. The minimum absolute atomic E-state index is 0.331. The summed E-state index contributed by atoms with van der Waals surface area (Å²) in [6, 6.07) is 14.9. The molecule has 1 atom stereocenters. The number of para-hydroxylation sites is 1. The third kappa shape index (κ3) is 4.36. The largest absolute Gasteiger partial charge is 0.338 e. The normalized spacial score (nSPS) is 12.8. The van der Waals surface area contributed by atoms with Crippen molar-refractivity contribution in [2.24, 2.45) is 0 Å². The number of alkyl halides is 3. The summed E-state index contributed by atoms with van der Waals surface area (Å²) in [7, 11) is 0. The monoisotopic (exact) mass is 413 g/mol. The molecule has 25 heavy (non-hydrogen) atoms. The number of nitrogens with zero attached hydrogens (tertiary/aromatic N) is 1. The molecule has 1 unspecified atom stereocenters. The number of carbonyl (C=O) groups excluding carboxylic acids is 1. The number of hydrogen-bond donors (Lipinski definition) is 2. The van der Waals surface area contributed by atoms with Gasteiger partial charge in [0, 0.05) is 5.56 Å². The predicted molar refractivity (Wildman–Crippen MR) is 106 cm³/mol. The number of hydrogen-bond acceptors (Lipinski definition) is 4. The zero-order valence-electron chi connectivity index (χ0n) is 13.1. The Labute approximate surface area is 164 Å². The van der Waals surface area contributed by atoms with Gasteiger partial charge in [-0.3, -0.25) is 4.79 Å². The maximum atomic E-state index is 12.5. The van der Waals surface area contributed by atoms with E-state index >= 15 is 0 Å². The summed E-state index contributed by atoms with van der Waals surface area (Å²) < 4.78 is -0.755. The van der Waals surface area contributed by atoms with Gasteiger partial charge in [0.2, 0.25) is 3.79 Å². The van der Waals surface area contributed by atoms with Gasteiger partial charge in [-0.1, -0.05) is 76.5 Å². The number of aryl methyl sites for hydroxylation is 1. The molecule has 0 aliphatic rings. The summed E-state index contributed by atoms with van der Waals surface area (Å²) in [5.74, 6) is -0.331. The van der Waals surface area contributed by atoms with E-state index in [9.17, 15) is 4.79 Å². The molecule has 2 aromatic carbocycles. The second-order valence-corrected chi connectivity index (χ2v) is 8.79. The third-order valence-electron chi connectivity index (χ3n) is 3.55. The Morgan fingerprint density at radius 3 is 2.48 bits per heavy atom. The Balaban J connectivity index is 1.83. The Kier molecular flexibility index (Phi) is 5.39. The molecule has 0 aliphatic carbocycles. The highest BCUT2D eigenvalue weighted by molar-refractivity contribution is 7.22. The zero-order chi connectivity index (χ0) is 18.0. The maximum absolute atomic E-state index is 12.5. The van der Waals surface area contributed by atoms with E-state index in [0.717, 1.165) is 15.8 Å². The van der Waals surface area contributed by atoms with Gasteiger partial charge in [-0.15, -0.1) is 0 Å². The highest BCUT2D eigenvalue weighted by Gasteiger charge is 2.35. The second kappa shape index (κ2) is 7.38. The minimum atomic E-state index is -1.75. The first-order valence-electron chi connectivity index (χ1n) is 7.40. The van der Waals surface area contributed by atoms with Crippen LogP contribution in [0.2, 0.25) is 0 Å². The quantitative estimate of drug-likeness (QED) is 0.459. The molecule has 0 fully saturated rings. The lowest BCUT2D eigenvalue weighted by Crippen LogP contribution is -2.49. The van der Waals surface area contributed by atoms with Crippen molar-refractivity contribution < 1.29 is 4.79 Å². The van der Waals surface area contributed by atoms with Gasteiger partial charge in [-0.2, -0.15) is 0 Å². The molecule has 0 saturated carbocycles. The first-order valence-corrected chi connectivity index (χ1v) is 9.35. The van der Waals surface area contributed by atoms with Crippen LogP contribution in [0.3, 0.4) is 0 Å². The number of anilines is 1. The molecule has 0 radical (unpaired) electrons. The molecule has 8 heteroatoms. The molecular formula is C17H14Cl3N3OS. The van der Waals surface area contributed by atoms with E-state index in [-0.39, 0.29) is 5.91 Å². The Morgan fingerprint density at radius 1 is 1.12 bits per heavy atom. The molecule has 130 valence electrons. The lowest BCUT2D eigenvalue weighted by atomic mass is 10.1. The molecule has 1 heterocycles. The van der Waals surface area contributed by atoms with E-state index in [1.54, 1.807) is 12.1 Å². The molecule has 0 bridgehead atoms. The number of nitrogens with one attached hydrogen (secondary N) is 2. The predicted octanol–water partition coefficient (Wildman–Crippen LogP) is 5.14. The molecule has 3 aromatic rings. The fourth-order valence-corrected chi connectivity index (χ4v) is 3.51. The van der Waals surface area contributed by atoms with E-state index in [1.165, 1.54) is 11.3 Å². The topological polar surface area (TPSA) is 54.0 Å². The summed E-state index contributed by atoms with van der Waals surface area (Å²) >= 11 is 19.6. The fraction of sp³-hybridized carbons (Fsp3) is 0.176. The highest BCUT2D eigenvalue weighted by Crippen LogP contribution is 2.33. The van der Waals surface area contributed by atoms with Crippen molar-refractivity contribution in [2.45, 2.75) is 16.9 Å². The highest BCUT2D eigenvalue weighted by atomic mass is 35.6. The summed E-state index contributed by atoms with van der Waals surface area (Å²) in [5, 5.41) is 6.29. The molecule has 4 nitrogen and oxygen atoms in total. The summed E-state index contributed by atoms with van der Waals surface area (Å²) in [6.45, 7) is 1.85. The molecule has 3 rings (SSSR count). The number of amides is 1. The van der Waals surface area contributed by atoms with Crippen LogP contribution in [0.15, 0.2) is 48.5 Å². The van der Waals surface area contributed by atoms with Crippen molar-refractivity contribution in [1.29, 1.82) is 0 Å². The molecule has 2 N–H and O–H groups in total. The van der Waals surface area contributed by atoms with Crippen molar-refractivity contribution in [2.75, 3.05) is 5.32 Å². The summed E-state index contributed by atoms with van der Waals surface area (Å²) in [5.41, 5.74) is 2.19. The number of rotatable bonds is 4. The SMILES string of the molecule is Cc1ccccc1C(=O)NC(Nc1nc2ccccc2s1)C(Cl)(Cl)Cl. The van der Waals surface area contributed by atoms with Crippen LogP contribution in [0.25, 0.3) is 10.2 Å². The molecule has 0 spiro atoms. The van der Waals surface area contributed by atoms with Crippen LogP contribution in [0.4, 0.5) is 5.13 Å². The average Bonchev–Trinajstić information content (AvgIpc) is 2.96. The van der Waals surface area contributed by atoms with E-state index in [2.05, 4.69) is 15.6 Å². The lowest BCUT2D eigenvalue weighted by Gasteiger charge is -2.26. The van der Waals surface area contributed by atoms with Crippen molar-refractivity contribution >= 4 is 67.4 Å². The number of benzene rings is 2.